The molecule has 0 saturated heterocycles. The number of amides is 1. The second-order valence-electron chi connectivity index (χ2n) is 3.22. The van der Waals surface area contributed by atoms with E-state index in [1.54, 1.807) is 11.4 Å². The fourth-order valence-electron chi connectivity index (χ4n) is 1.21. The van der Waals surface area contributed by atoms with Gasteiger partial charge in [-0.05, 0) is 62.8 Å². The lowest BCUT2D eigenvalue weighted by Gasteiger charge is -2.04. The summed E-state index contributed by atoms with van der Waals surface area (Å²) >= 11 is 6.73. The molecule has 2 rings (SSSR count). The van der Waals surface area contributed by atoms with Crippen LogP contribution in [-0.4, -0.2) is 5.91 Å². The molecule has 1 aromatic heterocycles. The molecule has 1 N–H and O–H groups in total. The molecule has 0 bridgehead atoms. The van der Waals surface area contributed by atoms with Crippen molar-refractivity contribution in [3.05, 3.63) is 48.4 Å². The van der Waals surface area contributed by atoms with E-state index in [1.807, 2.05) is 0 Å². The Hall–Kier alpha value is -0.470. The van der Waals surface area contributed by atoms with Crippen molar-refractivity contribution < 1.29 is 9.18 Å². The zero-order valence-corrected chi connectivity index (χ0v) is 12.9. The quantitative estimate of drug-likeness (QED) is 0.705. The summed E-state index contributed by atoms with van der Waals surface area (Å²) in [6.45, 7) is 0. The minimum Gasteiger partial charge on any atom is -0.322 e. The third-order valence-electron chi connectivity index (χ3n) is 2.01. The Morgan fingerprint density at radius 2 is 2.18 bits per heavy atom. The fourth-order valence-corrected chi connectivity index (χ4v) is 2.91. The summed E-state index contributed by atoms with van der Waals surface area (Å²) in [6, 6.07) is 6.16. The molecule has 0 aliphatic heterocycles. The van der Waals surface area contributed by atoms with E-state index in [-0.39, 0.29) is 11.7 Å². The molecule has 0 unspecified atom stereocenters. The zero-order valence-electron chi connectivity index (χ0n) is 8.34. The third-order valence-corrected chi connectivity index (χ3v) is 4.40. The summed E-state index contributed by atoms with van der Waals surface area (Å²) in [5.74, 6) is -0.546. The Morgan fingerprint density at radius 3 is 2.76 bits per heavy atom. The second-order valence-corrected chi connectivity index (χ2v) is 6.88. The van der Waals surface area contributed by atoms with Crippen LogP contribution in [0.5, 0.6) is 0 Å². The molecule has 0 spiro atoms. The SMILES string of the molecule is O=C(Nc1ccc(F)c(Br)c1)c1csc(I)c1. The Labute approximate surface area is 124 Å². The van der Waals surface area contributed by atoms with Crippen LogP contribution in [0.2, 0.25) is 0 Å². The number of nitrogens with one attached hydrogen (secondary N) is 1. The van der Waals surface area contributed by atoms with E-state index in [0.717, 1.165) is 2.88 Å². The normalized spacial score (nSPS) is 10.3. The molecule has 2 nitrogen and oxygen atoms in total. The monoisotopic (exact) mass is 425 g/mol. The van der Waals surface area contributed by atoms with Crippen LogP contribution in [0.1, 0.15) is 10.4 Å². The van der Waals surface area contributed by atoms with Crippen molar-refractivity contribution in [3.63, 3.8) is 0 Å². The van der Waals surface area contributed by atoms with Gasteiger partial charge in [-0.2, -0.15) is 0 Å². The van der Waals surface area contributed by atoms with Crippen molar-refractivity contribution >= 4 is 61.5 Å². The van der Waals surface area contributed by atoms with Gasteiger partial charge in [0.2, 0.25) is 0 Å². The van der Waals surface area contributed by atoms with E-state index < -0.39 is 0 Å². The first-order valence-corrected chi connectivity index (χ1v) is 7.32. The molecule has 1 heterocycles. The van der Waals surface area contributed by atoms with Gasteiger partial charge in [-0.25, -0.2) is 4.39 Å². The molecule has 0 fully saturated rings. The second kappa shape index (κ2) is 5.45. The van der Waals surface area contributed by atoms with Gasteiger partial charge in [-0.15, -0.1) is 11.3 Å². The first-order chi connectivity index (χ1) is 8.06. The highest BCUT2D eigenvalue weighted by atomic mass is 127. The number of hydrogen-bond donors (Lipinski definition) is 1. The lowest BCUT2D eigenvalue weighted by molar-refractivity contribution is 0.102. The molecule has 6 heteroatoms. The summed E-state index contributed by atoms with van der Waals surface area (Å²) in [5, 5.41) is 4.49. The number of carbonyl (C=O) groups excluding carboxylic acids is 1. The van der Waals surface area contributed by atoms with E-state index in [4.69, 9.17) is 0 Å². The Bertz CT molecular complexity index is 572. The predicted molar refractivity (Wildman–Crippen MR) is 79.1 cm³/mol. The average Bonchev–Trinajstić information content (AvgIpc) is 2.70. The number of thiophene rings is 1. The molecule has 17 heavy (non-hydrogen) atoms. The number of rotatable bonds is 2. The molecule has 2 aromatic rings. The smallest absolute Gasteiger partial charge is 0.256 e. The molecule has 0 radical (unpaired) electrons. The van der Waals surface area contributed by atoms with Crippen molar-refractivity contribution in [3.8, 4) is 0 Å². The third kappa shape index (κ3) is 3.26. The Morgan fingerprint density at radius 1 is 1.41 bits per heavy atom. The number of anilines is 1. The van der Waals surface area contributed by atoms with Gasteiger partial charge in [-0.1, -0.05) is 0 Å². The van der Waals surface area contributed by atoms with Gasteiger partial charge in [0, 0.05) is 11.1 Å². The maximum Gasteiger partial charge on any atom is 0.256 e. The molecule has 88 valence electrons. The van der Waals surface area contributed by atoms with Crippen molar-refractivity contribution in [1.82, 2.24) is 0 Å². The molecule has 1 amide bonds. The van der Waals surface area contributed by atoms with Crippen molar-refractivity contribution in [1.29, 1.82) is 0 Å². The van der Waals surface area contributed by atoms with Gasteiger partial charge in [-0.3, -0.25) is 4.79 Å². The van der Waals surface area contributed by atoms with Gasteiger partial charge < -0.3 is 5.32 Å². The van der Waals surface area contributed by atoms with E-state index in [9.17, 15) is 9.18 Å². The van der Waals surface area contributed by atoms with Crippen molar-refractivity contribution in [2.75, 3.05) is 5.32 Å². The van der Waals surface area contributed by atoms with Gasteiger partial charge in [0.25, 0.3) is 5.91 Å². The Balaban J connectivity index is 2.15. The van der Waals surface area contributed by atoms with E-state index >= 15 is 0 Å². The van der Waals surface area contributed by atoms with Crippen LogP contribution in [0.25, 0.3) is 0 Å². The standard InChI is InChI=1S/C11H6BrFINOS/c12-8-4-7(1-2-9(8)13)15-11(16)6-3-10(14)17-5-6/h1-5H,(H,15,16). The number of hydrogen-bond acceptors (Lipinski definition) is 2. The summed E-state index contributed by atoms with van der Waals surface area (Å²) in [5.41, 5.74) is 1.17. The molecule has 1 aromatic carbocycles. The van der Waals surface area contributed by atoms with Crippen LogP contribution >= 0.6 is 49.9 Å². The maximum atomic E-state index is 13.0. The first-order valence-electron chi connectivity index (χ1n) is 4.56. The highest BCUT2D eigenvalue weighted by molar-refractivity contribution is 14.1. The van der Waals surface area contributed by atoms with Crippen LogP contribution in [-0.2, 0) is 0 Å². The number of benzene rings is 1. The van der Waals surface area contributed by atoms with Crippen molar-refractivity contribution in [2.45, 2.75) is 0 Å². The molecule has 0 aliphatic carbocycles. The maximum absolute atomic E-state index is 13.0. The number of halogens is 3. The lowest BCUT2D eigenvalue weighted by atomic mass is 10.2. The molecule has 0 saturated carbocycles. The minimum absolute atomic E-state index is 0.192. The highest BCUT2D eigenvalue weighted by Crippen LogP contribution is 2.22. The molecule has 0 aliphatic rings. The van der Waals surface area contributed by atoms with Crippen LogP contribution in [0.15, 0.2) is 34.1 Å². The Kier molecular flexibility index (Phi) is 4.16. The van der Waals surface area contributed by atoms with Crippen molar-refractivity contribution in [2.24, 2.45) is 0 Å². The van der Waals surface area contributed by atoms with Gasteiger partial charge >= 0.3 is 0 Å². The van der Waals surface area contributed by atoms with Crippen LogP contribution < -0.4 is 5.32 Å². The molecular formula is C11H6BrFINOS. The summed E-state index contributed by atoms with van der Waals surface area (Å²) in [4.78, 5) is 11.8. The molecular weight excluding hydrogens is 420 g/mol. The molecule has 0 atom stereocenters. The van der Waals surface area contributed by atoms with Crippen LogP contribution in [0.3, 0.4) is 0 Å². The first kappa shape index (κ1) is 13.0. The summed E-state index contributed by atoms with van der Waals surface area (Å²) in [6.07, 6.45) is 0. The van der Waals surface area contributed by atoms with Crippen LogP contribution in [0.4, 0.5) is 10.1 Å². The van der Waals surface area contributed by atoms with Gasteiger partial charge in [0.15, 0.2) is 0 Å². The fraction of sp³-hybridized carbons (Fsp3) is 0. The van der Waals surface area contributed by atoms with Gasteiger partial charge in [0.05, 0.1) is 12.9 Å². The average molecular weight is 426 g/mol. The van der Waals surface area contributed by atoms with E-state index in [1.165, 1.54) is 29.5 Å². The highest BCUT2D eigenvalue weighted by Gasteiger charge is 2.09. The van der Waals surface area contributed by atoms with E-state index in [2.05, 4.69) is 43.8 Å². The van der Waals surface area contributed by atoms with E-state index in [0.29, 0.717) is 15.7 Å². The predicted octanol–water partition coefficient (Wildman–Crippen LogP) is 4.51. The lowest BCUT2D eigenvalue weighted by Crippen LogP contribution is -2.10. The van der Waals surface area contributed by atoms with Crippen LogP contribution in [0, 0.1) is 8.70 Å². The van der Waals surface area contributed by atoms with Gasteiger partial charge in [0.1, 0.15) is 5.82 Å². The topological polar surface area (TPSA) is 29.1 Å². The summed E-state index contributed by atoms with van der Waals surface area (Å²) in [7, 11) is 0. The largest absolute Gasteiger partial charge is 0.322 e. The number of carbonyl (C=O) groups is 1. The zero-order chi connectivity index (χ0) is 12.4. The minimum atomic E-state index is -0.354. The summed E-state index contributed by atoms with van der Waals surface area (Å²) < 4.78 is 14.4.